The number of furan rings is 1. The Morgan fingerprint density at radius 3 is 2.90 bits per heavy atom. The summed E-state index contributed by atoms with van der Waals surface area (Å²) < 4.78 is 5.29. The standard InChI is InChI=1S/C14H13N5O/c1-2-11(20-5-1)14-16-6-9(7-17-14)12-13-10(3-4-15-12)18-8-19-13/h1-2,5-8,12,15H,3-4H2,(H,18,19). The maximum absolute atomic E-state index is 5.29. The minimum Gasteiger partial charge on any atom is -0.461 e. The number of hydrogen-bond donors (Lipinski definition) is 2. The highest BCUT2D eigenvalue weighted by Gasteiger charge is 2.24. The Bertz CT molecular complexity index is 702. The van der Waals surface area contributed by atoms with Crippen molar-refractivity contribution in [3.63, 3.8) is 0 Å². The van der Waals surface area contributed by atoms with Crippen LogP contribution in [0.5, 0.6) is 0 Å². The molecule has 0 aliphatic carbocycles. The molecule has 4 heterocycles. The fraction of sp³-hybridized carbons (Fsp3) is 0.214. The van der Waals surface area contributed by atoms with Crippen molar-refractivity contribution in [1.29, 1.82) is 0 Å². The summed E-state index contributed by atoms with van der Waals surface area (Å²) in [5, 5.41) is 3.45. The van der Waals surface area contributed by atoms with Gasteiger partial charge in [-0.2, -0.15) is 0 Å². The van der Waals surface area contributed by atoms with E-state index >= 15 is 0 Å². The smallest absolute Gasteiger partial charge is 0.195 e. The zero-order valence-corrected chi connectivity index (χ0v) is 10.7. The lowest BCUT2D eigenvalue weighted by atomic mass is 10.0. The van der Waals surface area contributed by atoms with E-state index in [9.17, 15) is 0 Å². The number of aromatic nitrogens is 4. The zero-order chi connectivity index (χ0) is 13.4. The van der Waals surface area contributed by atoms with E-state index in [4.69, 9.17) is 4.42 Å². The molecule has 1 atom stereocenters. The van der Waals surface area contributed by atoms with Gasteiger partial charge in [-0.3, -0.25) is 0 Å². The molecule has 0 amide bonds. The molecule has 1 aliphatic rings. The van der Waals surface area contributed by atoms with Gasteiger partial charge in [-0.25, -0.2) is 15.0 Å². The number of fused-ring (bicyclic) bond motifs is 1. The lowest BCUT2D eigenvalue weighted by Gasteiger charge is -2.22. The van der Waals surface area contributed by atoms with Gasteiger partial charge in [0.05, 0.1) is 24.3 Å². The van der Waals surface area contributed by atoms with Gasteiger partial charge < -0.3 is 14.7 Å². The van der Waals surface area contributed by atoms with E-state index in [1.54, 1.807) is 12.6 Å². The van der Waals surface area contributed by atoms with Crippen molar-refractivity contribution in [3.8, 4) is 11.6 Å². The molecule has 0 aromatic carbocycles. The van der Waals surface area contributed by atoms with Crippen LogP contribution >= 0.6 is 0 Å². The number of nitrogens with one attached hydrogen (secondary N) is 2. The maximum atomic E-state index is 5.29. The first-order chi connectivity index (χ1) is 9.92. The van der Waals surface area contributed by atoms with Crippen molar-refractivity contribution in [1.82, 2.24) is 25.3 Å². The van der Waals surface area contributed by atoms with Gasteiger partial charge in [0.2, 0.25) is 0 Å². The minimum atomic E-state index is 0.0515. The molecule has 0 saturated carbocycles. The largest absolute Gasteiger partial charge is 0.461 e. The van der Waals surface area contributed by atoms with Crippen molar-refractivity contribution in [2.45, 2.75) is 12.5 Å². The average Bonchev–Trinajstić information content (AvgIpc) is 3.18. The Morgan fingerprint density at radius 1 is 1.20 bits per heavy atom. The number of imidazole rings is 1. The lowest BCUT2D eigenvalue weighted by molar-refractivity contribution is 0.549. The van der Waals surface area contributed by atoms with E-state index in [0.717, 1.165) is 24.2 Å². The third-order valence-electron chi connectivity index (χ3n) is 3.50. The topological polar surface area (TPSA) is 79.6 Å². The van der Waals surface area contributed by atoms with Gasteiger partial charge in [-0.05, 0) is 12.1 Å². The number of H-pyrrole nitrogens is 1. The van der Waals surface area contributed by atoms with Crippen LogP contribution in [0, 0.1) is 0 Å². The van der Waals surface area contributed by atoms with E-state index in [1.807, 2.05) is 24.5 Å². The highest BCUT2D eigenvalue weighted by Crippen LogP contribution is 2.26. The molecule has 0 radical (unpaired) electrons. The summed E-state index contributed by atoms with van der Waals surface area (Å²) in [5.74, 6) is 1.27. The first-order valence-electron chi connectivity index (χ1n) is 6.53. The molecule has 20 heavy (non-hydrogen) atoms. The van der Waals surface area contributed by atoms with Crippen molar-refractivity contribution >= 4 is 0 Å². The van der Waals surface area contributed by atoms with Crippen LogP contribution in [0.15, 0.2) is 41.5 Å². The van der Waals surface area contributed by atoms with Gasteiger partial charge in [0.25, 0.3) is 0 Å². The quantitative estimate of drug-likeness (QED) is 0.738. The van der Waals surface area contributed by atoms with E-state index in [0.29, 0.717) is 11.6 Å². The molecule has 3 aromatic rings. The predicted molar refractivity (Wildman–Crippen MR) is 71.9 cm³/mol. The molecule has 2 N–H and O–H groups in total. The second-order valence-electron chi connectivity index (χ2n) is 4.72. The van der Waals surface area contributed by atoms with E-state index in [1.165, 1.54) is 5.69 Å². The fourth-order valence-corrected chi connectivity index (χ4v) is 2.51. The summed E-state index contributed by atoms with van der Waals surface area (Å²) in [6.07, 6.45) is 7.98. The summed E-state index contributed by atoms with van der Waals surface area (Å²) in [6.45, 7) is 0.916. The van der Waals surface area contributed by atoms with Crippen LogP contribution in [0.2, 0.25) is 0 Å². The van der Waals surface area contributed by atoms with Crippen LogP contribution in [0.25, 0.3) is 11.6 Å². The van der Waals surface area contributed by atoms with Gasteiger partial charge in [-0.1, -0.05) is 0 Å². The van der Waals surface area contributed by atoms with Crippen LogP contribution in [-0.2, 0) is 6.42 Å². The van der Waals surface area contributed by atoms with Gasteiger partial charge in [0.15, 0.2) is 11.6 Å². The van der Waals surface area contributed by atoms with Crippen molar-refractivity contribution < 1.29 is 4.42 Å². The molecule has 1 aliphatic heterocycles. The molecule has 3 aromatic heterocycles. The first kappa shape index (κ1) is 11.4. The highest BCUT2D eigenvalue weighted by atomic mass is 16.3. The lowest BCUT2D eigenvalue weighted by Crippen LogP contribution is -2.30. The highest BCUT2D eigenvalue weighted by molar-refractivity contribution is 5.46. The zero-order valence-electron chi connectivity index (χ0n) is 10.7. The molecule has 0 spiro atoms. The molecule has 6 nitrogen and oxygen atoms in total. The van der Waals surface area contributed by atoms with Crippen LogP contribution in [-0.4, -0.2) is 26.5 Å². The third-order valence-corrected chi connectivity index (χ3v) is 3.50. The van der Waals surface area contributed by atoms with Crippen LogP contribution in [0.1, 0.15) is 23.0 Å². The summed E-state index contributed by atoms with van der Waals surface area (Å²) in [7, 11) is 0. The SMILES string of the molecule is c1coc(-c2ncc(C3NCCc4[nH]cnc43)cn2)c1. The normalized spacial score (nSPS) is 17.9. The van der Waals surface area contributed by atoms with Gasteiger partial charge >= 0.3 is 0 Å². The van der Waals surface area contributed by atoms with Crippen molar-refractivity contribution in [3.05, 3.63) is 54.1 Å². The maximum Gasteiger partial charge on any atom is 0.195 e. The summed E-state index contributed by atoms with van der Waals surface area (Å²) in [6, 6.07) is 3.72. The number of nitrogens with zero attached hydrogens (tertiary/aromatic N) is 3. The number of rotatable bonds is 2. The van der Waals surface area contributed by atoms with Gasteiger partial charge in [0.1, 0.15) is 0 Å². The number of hydrogen-bond acceptors (Lipinski definition) is 5. The summed E-state index contributed by atoms with van der Waals surface area (Å²) in [5.41, 5.74) is 3.22. The Labute approximate surface area is 115 Å². The molecular weight excluding hydrogens is 254 g/mol. The summed E-state index contributed by atoms with van der Waals surface area (Å²) in [4.78, 5) is 16.3. The monoisotopic (exact) mass is 267 g/mol. The average molecular weight is 267 g/mol. The minimum absolute atomic E-state index is 0.0515. The van der Waals surface area contributed by atoms with Gasteiger partial charge in [-0.15, -0.1) is 0 Å². The van der Waals surface area contributed by atoms with Crippen molar-refractivity contribution in [2.75, 3.05) is 6.54 Å². The Morgan fingerprint density at radius 2 is 2.10 bits per heavy atom. The third kappa shape index (κ3) is 1.81. The van der Waals surface area contributed by atoms with Gasteiger partial charge in [0, 0.05) is 36.6 Å². The number of aromatic amines is 1. The molecule has 0 fully saturated rings. The molecule has 6 heteroatoms. The first-order valence-corrected chi connectivity index (χ1v) is 6.53. The van der Waals surface area contributed by atoms with Crippen LogP contribution < -0.4 is 5.32 Å². The predicted octanol–water partition coefficient (Wildman–Crippen LogP) is 1.69. The second kappa shape index (κ2) is 4.57. The molecule has 100 valence electrons. The molecule has 4 rings (SSSR count). The Hall–Kier alpha value is -2.47. The fourth-order valence-electron chi connectivity index (χ4n) is 2.51. The van der Waals surface area contributed by atoms with E-state index in [2.05, 4.69) is 25.3 Å². The molecular formula is C14H13N5O. The van der Waals surface area contributed by atoms with E-state index in [-0.39, 0.29) is 6.04 Å². The Kier molecular flexibility index (Phi) is 2.60. The second-order valence-corrected chi connectivity index (χ2v) is 4.72. The Balaban J connectivity index is 1.68. The van der Waals surface area contributed by atoms with Crippen LogP contribution in [0.3, 0.4) is 0 Å². The summed E-state index contributed by atoms with van der Waals surface area (Å²) >= 11 is 0. The molecule has 1 unspecified atom stereocenters. The molecule has 0 bridgehead atoms. The molecule has 0 saturated heterocycles. The van der Waals surface area contributed by atoms with Crippen molar-refractivity contribution in [2.24, 2.45) is 0 Å². The van der Waals surface area contributed by atoms with Crippen LogP contribution in [0.4, 0.5) is 0 Å². The van der Waals surface area contributed by atoms with E-state index < -0.39 is 0 Å².